The Morgan fingerprint density at radius 2 is 1.55 bits per heavy atom. The van der Waals surface area contributed by atoms with Crippen LogP contribution >= 0.6 is 0 Å². The minimum Gasteiger partial charge on any atom is -0.354 e. The molecule has 7 nitrogen and oxygen atoms in total. The SMILES string of the molecule is Cc1cccc(N(CC(=O)N(Cc2ccc(F)cc2)[C@H](Cc2ccccc2)C(=O)NCC(C)C)S(C)(=O)=O)c1C. The summed E-state index contributed by atoms with van der Waals surface area (Å²) in [4.78, 5) is 29.1. The molecule has 0 saturated carbocycles. The molecular formula is C31H38FN3O4S. The lowest BCUT2D eigenvalue weighted by atomic mass is 10.0. The van der Waals surface area contributed by atoms with E-state index >= 15 is 0 Å². The number of hydrogen-bond acceptors (Lipinski definition) is 4. The van der Waals surface area contributed by atoms with Gasteiger partial charge in [-0.15, -0.1) is 0 Å². The summed E-state index contributed by atoms with van der Waals surface area (Å²) < 4.78 is 40.7. The van der Waals surface area contributed by atoms with Crippen molar-refractivity contribution in [3.63, 3.8) is 0 Å². The van der Waals surface area contributed by atoms with E-state index in [0.29, 0.717) is 17.8 Å². The van der Waals surface area contributed by atoms with Gasteiger partial charge in [-0.25, -0.2) is 12.8 Å². The molecule has 1 atom stereocenters. The number of halogens is 1. The Kier molecular flexibility index (Phi) is 10.5. The van der Waals surface area contributed by atoms with E-state index in [4.69, 9.17) is 0 Å². The number of nitrogens with zero attached hydrogens (tertiary/aromatic N) is 2. The molecule has 1 N–H and O–H groups in total. The maximum absolute atomic E-state index is 14.1. The first-order valence-electron chi connectivity index (χ1n) is 13.3. The highest BCUT2D eigenvalue weighted by molar-refractivity contribution is 7.92. The van der Waals surface area contributed by atoms with Crippen LogP contribution in [0.15, 0.2) is 72.8 Å². The minimum absolute atomic E-state index is 0.00386. The smallest absolute Gasteiger partial charge is 0.244 e. The first kappa shape index (κ1) is 30.8. The average molecular weight is 568 g/mol. The van der Waals surface area contributed by atoms with Crippen LogP contribution in [0.25, 0.3) is 0 Å². The number of carbonyl (C=O) groups excluding carboxylic acids is 2. The summed E-state index contributed by atoms with van der Waals surface area (Å²) in [7, 11) is -3.85. The molecule has 214 valence electrons. The van der Waals surface area contributed by atoms with Gasteiger partial charge in [-0.1, -0.05) is 68.4 Å². The van der Waals surface area contributed by atoms with Gasteiger partial charge in [0.1, 0.15) is 18.4 Å². The van der Waals surface area contributed by atoms with Crippen LogP contribution < -0.4 is 9.62 Å². The van der Waals surface area contributed by atoms with Crippen molar-refractivity contribution >= 4 is 27.5 Å². The van der Waals surface area contributed by atoms with E-state index in [1.807, 2.05) is 57.2 Å². The minimum atomic E-state index is -3.85. The summed E-state index contributed by atoms with van der Waals surface area (Å²) in [5, 5.41) is 2.94. The summed E-state index contributed by atoms with van der Waals surface area (Å²) in [6.07, 6.45) is 1.28. The number of benzene rings is 3. The molecule has 3 aromatic carbocycles. The van der Waals surface area contributed by atoms with Gasteiger partial charge in [-0.2, -0.15) is 0 Å². The van der Waals surface area contributed by atoms with E-state index in [2.05, 4.69) is 5.32 Å². The zero-order valence-electron chi connectivity index (χ0n) is 23.7. The zero-order valence-corrected chi connectivity index (χ0v) is 24.5. The number of anilines is 1. The fourth-order valence-electron chi connectivity index (χ4n) is 4.36. The standard InChI is InChI=1S/C31H38FN3O4S/c1-22(2)19-33-31(37)29(18-25-11-7-6-8-12-25)34(20-26-14-16-27(32)17-15-26)30(36)21-35(40(5,38)39)28-13-9-10-23(3)24(28)4/h6-17,22,29H,18-21H2,1-5H3,(H,33,37)/t29-/m1/s1. The molecule has 0 unspecified atom stereocenters. The summed E-state index contributed by atoms with van der Waals surface area (Å²) in [5.41, 5.74) is 3.49. The van der Waals surface area contributed by atoms with Crippen LogP contribution in [0, 0.1) is 25.6 Å². The van der Waals surface area contributed by atoms with Gasteiger partial charge in [-0.05, 0) is 60.2 Å². The van der Waals surface area contributed by atoms with Gasteiger partial charge < -0.3 is 10.2 Å². The van der Waals surface area contributed by atoms with E-state index < -0.39 is 34.3 Å². The van der Waals surface area contributed by atoms with E-state index in [-0.39, 0.29) is 24.8 Å². The number of hydrogen-bond donors (Lipinski definition) is 1. The molecule has 0 heterocycles. The molecular weight excluding hydrogens is 529 g/mol. The third-order valence-corrected chi connectivity index (χ3v) is 7.87. The van der Waals surface area contributed by atoms with Crippen LogP contribution in [0.1, 0.15) is 36.1 Å². The van der Waals surface area contributed by atoms with Gasteiger partial charge in [0.2, 0.25) is 21.8 Å². The molecule has 2 amide bonds. The Hall–Kier alpha value is -3.72. The van der Waals surface area contributed by atoms with Gasteiger partial charge in [0.15, 0.2) is 0 Å². The molecule has 40 heavy (non-hydrogen) atoms. The second kappa shape index (κ2) is 13.6. The van der Waals surface area contributed by atoms with Crippen LogP contribution in [0.5, 0.6) is 0 Å². The molecule has 0 aliphatic heterocycles. The predicted molar refractivity (Wildman–Crippen MR) is 157 cm³/mol. The largest absolute Gasteiger partial charge is 0.354 e. The summed E-state index contributed by atoms with van der Waals surface area (Å²) in [6.45, 7) is 7.55. The molecule has 3 rings (SSSR count). The van der Waals surface area contributed by atoms with Crippen LogP contribution in [0.2, 0.25) is 0 Å². The average Bonchev–Trinajstić information content (AvgIpc) is 2.90. The first-order valence-corrected chi connectivity index (χ1v) is 15.1. The Bertz CT molecular complexity index is 1410. The molecule has 0 aliphatic carbocycles. The molecule has 0 radical (unpaired) electrons. The van der Waals surface area contributed by atoms with Crippen molar-refractivity contribution in [2.24, 2.45) is 5.92 Å². The van der Waals surface area contributed by atoms with Gasteiger partial charge in [0, 0.05) is 19.5 Å². The molecule has 0 bridgehead atoms. The monoisotopic (exact) mass is 567 g/mol. The Labute approximate surface area is 237 Å². The van der Waals surface area contributed by atoms with E-state index in [9.17, 15) is 22.4 Å². The normalized spacial score (nSPS) is 12.2. The Morgan fingerprint density at radius 1 is 0.900 bits per heavy atom. The fraction of sp³-hybridized carbons (Fsp3) is 0.355. The highest BCUT2D eigenvalue weighted by atomic mass is 32.2. The number of nitrogens with one attached hydrogen (secondary N) is 1. The number of aryl methyl sites for hydroxylation is 1. The molecule has 0 aliphatic rings. The van der Waals surface area contributed by atoms with Gasteiger partial charge in [-0.3, -0.25) is 13.9 Å². The first-order chi connectivity index (χ1) is 18.9. The van der Waals surface area contributed by atoms with Gasteiger partial charge in [0.25, 0.3) is 0 Å². The maximum atomic E-state index is 14.1. The maximum Gasteiger partial charge on any atom is 0.244 e. The second-order valence-electron chi connectivity index (χ2n) is 10.5. The zero-order chi connectivity index (χ0) is 29.4. The molecule has 0 fully saturated rings. The van der Waals surface area contributed by atoms with Crippen molar-refractivity contribution in [3.05, 3.63) is 101 Å². The molecule has 0 spiro atoms. The van der Waals surface area contributed by atoms with Gasteiger partial charge >= 0.3 is 0 Å². The topological polar surface area (TPSA) is 86.8 Å². The third-order valence-electron chi connectivity index (χ3n) is 6.75. The summed E-state index contributed by atoms with van der Waals surface area (Å²) in [5.74, 6) is -1.12. The van der Waals surface area contributed by atoms with Crippen molar-refractivity contribution in [1.29, 1.82) is 0 Å². The lowest BCUT2D eigenvalue weighted by Crippen LogP contribution is -2.53. The number of sulfonamides is 1. The molecule has 0 aromatic heterocycles. The third kappa shape index (κ3) is 8.39. The van der Waals surface area contributed by atoms with E-state index in [1.54, 1.807) is 31.2 Å². The summed E-state index contributed by atoms with van der Waals surface area (Å²) in [6, 6.07) is 19.4. The lowest BCUT2D eigenvalue weighted by Gasteiger charge is -2.34. The van der Waals surface area contributed by atoms with Crippen LogP contribution in [-0.2, 0) is 32.6 Å². The van der Waals surface area contributed by atoms with Gasteiger partial charge in [0.05, 0.1) is 11.9 Å². The van der Waals surface area contributed by atoms with Crippen LogP contribution in [-0.4, -0.2) is 50.5 Å². The van der Waals surface area contributed by atoms with Crippen molar-refractivity contribution in [1.82, 2.24) is 10.2 Å². The van der Waals surface area contributed by atoms with E-state index in [1.165, 1.54) is 17.0 Å². The number of carbonyl (C=O) groups is 2. The lowest BCUT2D eigenvalue weighted by molar-refractivity contribution is -0.140. The highest BCUT2D eigenvalue weighted by Gasteiger charge is 2.33. The molecule has 3 aromatic rings. The van der Waals surface area contributed by atoms with Crippen LogP contribution in [0.4, 0.5) is 10.1 Å². The Morgan fingerprint density at radius 3 is 2.15 bits per heavy atom. The number of amides is 2. The molecule has 0 saturated heterocycles. The fourth-order valence-corrected chi connectivity index (χ4v) is 5.26. The number of rotatable bonds is 12. The van der Waals surface area contributed by atoms with Crippen molar-refractivity contribution in [2.45, 2.75) is 46.7 Å². The summed E-state index contributed by atoms with van der Waals surface area (Å²) >= 11 is 0. The highest BCUT2D eigenvalue weighted by Crippen LogP contribution is 2.26. The van der Waals surface area contributed by atoms with Crippen molar-refractivity contribution in [3.8, 4) is 0 Å². The second-order valence-corrected chi connectivity index (χ2v) is 12.4. The molecule has 9 heteroatoms. The quantitative estimate of drug-likeness (QED) is 0.346. The van der Waals surface area contributed by atoms with E-state index in [0.717, 1.165) is 27.3 Å². The van der Waals surface area contributed by atoms with Crippen molar-refractivity contribution < 1.29 is 22.4 Å². The van der Waals surface area contributed by atoms with Crippen molar-refractivity contribution in [2.75, 3.05) is 23.7 Å². The Balaban J connectivity index is 2.07. The van der Waals surface area contributed by atoms with Crippen LogP contribution in [0.3, 0.4) is 0 Å². The predicted octanol–water partition coefficient (Wildman–Crippen LogP) is 4.62.